The third kappa shape index (κ3) is 1.88. The monoisotopic (exact) mass is 246 g/mol. The SMILES string of the molecule is Cn1c(-c2ccc(Cl)cc2)cc2c1CNCC2. The van der Waals surface area contributed by atoms with Crippen molar-refractivity contribution in [3.63, 3.8) is 0 Å². The van der Waals surface area contributed by atoms with Gasteiger partial charge in [0.25, 0.3) is 0 Å². The normalized spacial score (nSPS) is 14.7. The third-order valence-electron chi connectivity index (χ3n) is 3.45. The van der Waals surface area contributed by atoms with Gasteiger partial charge in [-0.05, 0) is 42.3 Å². The summed E-state index contributed by atoms with van der Waals surface area (Å²) in [6.07, 6.45) is 1.12. The Kier molecular flexibility index (Phi) is 2.69. The molecule has 0 radical (unpaired) electrons. The topological polar surface area (TPSA) is 17.0 Å². The number of benzene rings is 1. The minimum Gasteiger partial charge on any atom is -0.346 e. The van der Waals surface area contributed by atoms with Crippen LogP contribution in [-0.2, 0) is 20.0 Å². The van der Waals surface area contributed by atoms with Crippen LogP contribution in [0, 0.1) is 0 Å². The quantitative estimate of drug-likeness (QED) is 0.819. The molecule has 2 heterocycles. The molecular weight excluding hydrogens is 232 g/mol. The minimum absolute atomic E-state index is 0.786. The summed E-state index contributed by atoms with van der Waals surface area (Å²) in [5, 5.41) is 4.20. The van der Waals surface area contributed by atoms with E-state index >= 15 is 0 Å². The van der Waals surface area contributed by atoms with Crippen molar-refractivity contribution in [1.29, 1.82) is 0 Å². The second kappa shape index (κ2) is 4.21. The zero-order valence-corrected chi connectivity index (χ0v) is 10.6. The van der Waals surface area contributed by atoms with Gasteiger partial charge in [-0.2, -0.15) is 0 Å². The zero-order valence-electron chi connectivity index (χ0n) is 9.83. The van der Waals surface area contributed by atoms with Gasteiger partial charge >= 0.3 is 0 Å². The van der Waals surface area contributed by atoms with Gasteiger partial charge in [-0.15, -0.1) is 0 Å². The van der Waals surface area contributed by atoms with Crippen molar-refractivity contribution in [2.45, 2.75) is 13.0 Å². The van der Waals surface area contributed by atoms with Crippen LogP contribution in [0.4, 0.5) is 0 Å². The van der Waals surface area contributed by atoms with E-state index in [2.05, 4.69) is 35.1 Å². The largest absolute Gasteiger partial charge is 0.346 e. The average Bonchev–Trinajstić information content (AvgIpc) is 2.69. The fraction of sp³-hybridized carbons (Fsp3) is 0.286. The average molecular weight is 247 g/mol. The van der Waals surface area contributed by atoms with Gasteiger partial charge in [0.15, 0.2) is 0 Å². The van der Waals surface area contributed by atoms with Crippen molar-refractivity contribution in [3.8, 4) is 11.3 Å². The summed E-state index contributed by atoms with van der Waals surface area (Å²) in [5.74, 6) is 0. The third-order valence-corrected chi connectivity index (χ3v) is 3.70. The van der Waals surface area contributed by atoms with Crippen molar-refractivity contribution < 1.29 is 0 Å². The molecule has 0 unspecified atom stereocenters. The fourth-order valence-corrected chi connectivity index (χ4v) is 2.61. The number of nitrogens with one attached hydrogen (secondary N) is 1. The van der Waals surface area contributed by atoms with Crippen LogP contribution in [0.3, 0.4) is 0 Å². The Hall–Kier alpha value is -1.25. The zero-order chi connectivity index (χ0) is 11.8. The molecule has 2 nitrogen and oxygen atoms in total. The lowest BCUT2D eigenvalue weighted by Crippen LogP contribution is -2.24. The maximum atomic E-state index is 5.92. The van der Waals surface area contributed by atoms with Crippen LogP contribution in [0.2, 0.25) is 5.02 Å². The predicted octanol–water partition coefficient (Wildman–Crippen LogP) is 2.99. The Morgan fingerprint density at radius 1 is 1.24 bits per heavy atom. The molecule has 1 N–H and O–H groups in total. The first kappa shape index (κ1) is 10.9. The lowest BCUT2D eigenvalue weighted by molar-refractivity contribution is 0.611. The summed E-state index contributed by atoms with van der Waals surface area (Å²) in [6.45, 7) is 2.05. The molecular formula is C14H15ClN2. The van der Waals surface area contributed by atoms with Gasteiger partial charge in [0.2, 0.25) is 0 Å². The lowest BCUT2D eigenvalue weighted by atomic mass is 10.1. The molecule has 0 saturated heterocycles. The standard InChI is InChI=1S/C14H15ClN2/c1-17-13(10-2-4-12(15)5-3-10)8-11-6-7-16-9-14(11)17/h2-5,8,16H,6-7,9H2,1H3. The Labute approximate surface area is 106 Å². The number of aromatic nitrogens is 1. The van der Waals surface area contributed by atoms with Crippen molar-refractivity contribution in [3.05, 3.63) is 46.6 Å². The van der Waals surface area contributed by atoms with Gasteiger partial charge in [0, 0.05) is 30.0 Å². The number of rotatable bonds is 1. The second-order valence-corrected chi connectivity index (χ2v) is 4.93. The first-order valence-electron chi connectivity index (χ1n) is 5.90. The van der Waals surface area contributed by atoms with Crippen LogP contribution >= 0.6 is 11.6 Å². The molecule has 1 aromatic carbocycles. The van der Waals surface area contributed by atoms with Gasteiger partial charge < -0.3 is 9.88 Å². The van der Waals surface area contributed by atoms with Gasteiger partial charge in [0.05, 0.1) is 0 Å². The van der Waals surface area contributed by atoms with E-state index in [4.69, 9.17) is 11.6 Å². The molecule has 0 amide bonds. The Balaban J connectivity index is 2.09. The lowest BCUT2D eigenvalue weighted by Gasteiger charge is -2.15. The number of halogens is 1. The molecule has 0 spiro atoms. The highest BCUT2D eigenvalue weighted by molar-refractivity contribution is 6.30. The molecule has 0 fully saturated rings. The molecule has 3 heteroatoms. The summed E-state index contributed by atoms with van der Waals surface area (Å²) >= 11 is 5.92. The fourth-order valence-electron chi connectivity index (χ4n) is 2.48. The van der Waals surface area contributed by atoms with Crippen molar-refractivity contribution in [1.82, 2.24) is 9.88 Å². The van der Waals surface area contributed by atoms with Gasteiger partial charge in [-0.1, -0.05) is 23.7 Å². The molecule has 0 aliphatic carbocycles. The second-order valence-electron chi connectivity index (χ2n) is 4.49. The maximum absolute atomic E-state index is 5.92. The molecule has 1 aliphatic heterocycles. The van der Waals surface area contributed by atoms with E-state index in [-0.39, 0.29) is 0 Å². The van der Waals surface area contributed by atoms with E-state index in [1.165, 1.54) is 22.5 Å². The van der Waals surface area contributed by atoms with Crippen LogP contribution in [0.15, 0.2) is 30.3 Å². The molecule has 0 saturated carbocycles. The highest BCUT2D eigenvalue weighted by Crippen LogP contribution is 2.27. The van der Waals surface area contributed by atoms with Crippen LogP contribution in [-0.4, -0.2) is 11.1 Å². The minimum atomic E-state index is 0.786. The van der Waals surface area contributed by atoms with Crippen LogP contribution < -0.4 is 5.32 Å². The Bertz CT molecular complexity index is 540. The number of fused-ring (bicyclic) bond motifs is 1. The summed E-state index contributed by atoms with van der Waals surface area (Å²) in [4.78, 5) is 0. The van der Waals surface area contributed by atoms with E-state index in [1.807, 2.05) is 12.1 Å². The molecule has 2 aromatic rings. The molecule has 1 aromatic heterocycles. The number of hydrogen-bond donors (Lipinski definition) is 1. The first-order valence-corrected chi connectivity index (χ1v) is 6.27. The predicted molar refractivity (Wildman–Crippen MR) is 71.3 cm³/mol. The smallest absolute Gasteiger partial charge is 0.0483 e. The van der Waals surface area contributed by atoms with Crippen molar-refractivity contribution in [2.24, 2.45) is 7.05 Å². The Morgan fingerprint density at radius 3 is 2.71 bits per heavy atom. The molecule has 3 rings (SSSR count). The van der Waals surface area contributed by atoms with E-state index in [0.717, 1.165) is 24.5 Å². The van der Waals surface area contributed by atoms with Gasteiger partial charge in [0.1, 0.15) is 0 Å². The Morgan fingerprint density at radius 2 is 2.00 bits per heavy atom. The van der Waals surface area contributed by atoms with Gasteiger partial charge in [-0.25, -0.2) is 0 Å². The summed E-state index contributed by atoms with van der Waals surface area (Å²) in [5.41, 5.74) is 5.37. The van der Waals surface area contributed by atoms with Crippen LogP contribution in [0.1, 0.15) is 11.3 Å². The molecule has 88 valence electrons. The van der Waals surface area contributed by atoms with Crippen LogP contribution in [0.5, 0.6) is 0 Å². The number of hydrogen-bond acceptors (Lipinski definition) is 1. The summed E-state index contributed by atoms with van der Waals surface area (Å²) in [6, 6.07) is 10.4. The highest BCUT2D eigenvalue weighted by atomic mass is 35.5. The summed E-state index contributed by atoms with van der Waals surface area (Å²) in [7, 11) is 2.13. The molecule has 17 heavy (non-hydrogen) atoms. The van der Waals surface area contributed by atoms with Crippen molar-refractivity contribution >= 4 is 11.6 Å². The summed E-state index contributed by atoms with van der Waals surface area (Å²) < 4.78 is 2.28. The van der Waals surface area contributed by atoms with Crippen LogP contribution in [0.25, 0.3) is 11.3 Å². The van der Waals surface area contributed by atoms with E-state index in [1.54, 1.807) is 0 Å². The van der Waals surface area contributed by atoms with Crippen molar-refractivity contribution in [2.75, 3.05) is 6.54 Å². The first-order chi connectivity index (χ1) is 8.25. The highest BCUT2D eigenvalue weighted by Gasteiger charge is 2.16. The van der Waals surface area contributed by atoms with E-state index in [0.29, 0.717) is 0 Å². The van der Waals surface area contributed by atoms with E-state index in [9.17, 15) is 0 Å². The van der Waals surface area contributed by atoms with Gasteiger partial charge in [-0.3, -0.25) is 0 Å². The maximum Gasteiger partial charge on any atom is 0.0483 e. The molecule has 0 bridgehead atoms. The number of nitrogens with zero attached hydrogens (tertiary/aromatic N) is 1. The van der Waals surface area contributed by atoms with E-state index < -0.39 is 0 Å². The molecule has 1 aliphatic rings. The molecule has 0 atom stereocenters.